The van der Waals surface area contributed by atoms with E-state index >= 15 is 0 Å². The molecule has 0 aromatic carbocycles. The molecule has 0 aliphatic rings. The van der Waals surface area contributed by atoms with Crippen LogP contribution < -0.4 is 0 Å². The number of aromatic nitrogens is 2. The van der Waals surface area contributed by atoms with E-state index in [4.69, 9.17) is 0 Å². The van der Waals surface area contributed by atoms with Crippen molar-refractivity contribution >= 4 is 6.08 Å². The monoisotopic (exact) mass is 212 g/mol. The lowest BCUT2D eigenvalue weighted by Crippen LogP contribution is -1.74. The molecule has 0 saturated carbocycles. The van der Waals surface area contributed by atoms with Crippen LogP contribution in [0.1, 0.15) is 18.3 Å². The summed E-state index contributed by atoms with van der Waals surface area (Å²) in [6.07, 6.45) is 7.52. The summed E-state index contributed by atoms with van der Waals surface area (Å²) in [6.45, 7) is 3.95. The molecule has 2 aromatic heterocycles. The maximum atomic E-state index is 4.08. The first kappa shape index (κ1) is 12.1. The molecule has 0 fully saturated rings. The second-order valence-electron chi connectivity index (χ2n) is 3.23. The first-order valence-electron chi connectivity index (χ1n) is 5.24. The van der Waals surface area contributed by atoms with Crippen LogP contribution in [0.4, 0.5) is 0 Å². The molecule has 0 bridgehead atoms. The van der Waals surface area contributed by atoms with Crippen molar-refractivity contribution in [2.45, 2.75) is 13.8 Å². The quantitative estimate of drug-likeness (QED) is 0.723. The summed E-state index contributed by atoms with van der Waals surface area (Å²) in [5, 5.41) is 0. The standard InChI is InChI=1S/C8H9N.C6H7N/c1-2-5-8-6-3-4-7-9-8;1-6-4-2-3-5-7-6/h2-7H,1H3;2-5H,1H3. The fourth-order valence-electron chi connectivity index (χ4n) is 1.09. The van der Waals surface area contributed by atoms with Gasteiger partial charge in [0.25, 0.3) is 0 Å². The van der Waals surface area contributed by atoms with E-state index in [-0.39, 0.29) is 0 Å². The van der Waals surface area contributed by atoms with Crippen molar-refractivity contribution < 1.29 is 0 Å². The fraction of sp³-hybridized carbons (Fsp3) is 0.143. The third-order valence-electron chi connectivity index (χ3n) is 1.84. The maximum absolute atomic E-state index is 4.08. The third kappa shape index (κ3) is 5.05. The van der Waals surface area contributed by atoms with Gasteiger partial charge in [-0.3, -0.25) is 9.97 Å². The molecule has 0 amide bonds. The van der Waals surface area contributed by atoms with Crippen molar-refractivity contribution in [3.05, 3.63) is 66.3 Å². The first-order valence-corrected chi connectivity index (χ1v) is 5.24. The van der Waals surface area contributed by atoms with Gasteiger partial charge in [-0.2, -0.15) is 0 Å². The fourth-order valence-corrected chi connectivity index (χ4v) is 1.09. The molecule has 0 aliphatic heterocycles. The highest BCUT2D eigenvalue weighted by Gasteiger charge is 1.79. The normalized spacial score (nSPS) is 9.62. The van der Waals surface area contributed by atoms with Gasteiger partial charge in [0.15, 0.2) is 0 Å². The van der Waals surface area contributed by atoms with Gasteiger partial charge in [-0.05, 0) is 44.2 Å². The van der Waals surface area contributed by atoms with Gasteiger partial charge in [0.1, 0.15) is 0 Å². The van der Waals surface area contributed by atoms with Gasteiger partial charge in [-0.25, -0.2) is 0 Å². The van der Waals surface area contributed by atoms with E-state index in [0.29, 0.717) is 0 Å². The Morgan fingerprint density at radius 1 is 0.938 bits per heavy atom. The molecule has 2 heteroatoms. The zero-order chi connectivity index (χ0) is 11.6. The van der Waals surface area contributed by atoms with Gasteiger partial charge < -0.3 is 0 Å². The first-order chi connectivity index (χ1) is 7.83. The van der Waals surface area contributed by atoms with Crippen LogP contribution in [0.5, 0.6) is 0 Å². The Morgan fingerprint density at radius 3 is 2.00 bits per heavy atom. The SMILES string of the molecule is CC=Cc1ccccn1.Cc1ccccn1. The van der Waals surface area contributed by atoms with Crippen molar-refractivity contribution in [3.8, 4) is 0 Å². The molecule has 2 rings (SSSR count). The van der Waals surface area contributed by atoms with Crippen molar-refractivity contribution in [1.82, 2.24) is 9.97 Å². The highest BCUT2D eigenvalue weighted by molar-refractivity contribution is 5.42. The number of hydrogen-bond acceptors (Lipinski definition) is 2. The number of pyridine rings is 2. The lowest BCUT2D eigenvalue weighted by molar-refractivity contribution is 1.20. The van der Waals surface area contributed by atoms with Crippen molar-refractivity contribution in [3.63, 3.8) is 0 Å². The van der Waals surface area contributed by atoms with Crippen LogP contribution in [0.2, 0.25) is 0 Å². The number of hydrogen-bond donors (Lipinski definition) is 0. The second-order valence-corrected chi connectivity index (χ2v) is 3.23. The Morgan fingerprint density at radius 2 is 1.62 bits per heavy atom. The van der Waals surface area contributed by atoms with Gasteiger partial charge in [0.05, 0.1) is 5.69 Å². The molecule has 0 unspecified atom stereocenters. The van der Waals surface area contributed by atoms with Crippen LogP contribution >= 0.6 is 0 Å². The van der Waals surface area contributed by atoms with Crippen LogP contribution in [0.3, 0.4) is 0 Å². The van der Waals surface area contributed by atoms with Crippen LogP contribution in [-0.2, 0) is 0 Å². The Hall–Kier alpha value is -1.96. The second kappa shape index (κ2) is 7.35. The number of aryl methyl sites for hydroxylation is 1. The zero-order valence-electron chi connectivity index (χ0n) is 9.67. The van der Waals surface area contributed by atoms with Crippen LogP contribution in [0.25, 0.3) is 6.08 Å². The minimum Gasteiger partial charge on any atom is -0.262 e. The molecular formula is C14H16N2. The highest BCUT2D eigenvalue weighted by Crippen LogP contribution is 1.94. The molecular weight excluding hydrogens is 196 g/mol. The van der Waals surface area contributed by atoms with E-state index < -0.39 is 0 Å². The summed E-state index contributed by atoms with van der Waals surface area (Å²) < 4.78 is 0. The Bertz CT molecular complexity index is 407. The molecule has 0 spiro atoms. The van der Waals surface area contributed by atoms with E-state index in [9.17, 15) is 0 Å². The average Bonchev–Trinajstić information content (AvgIpc) is 2.33. The van der Waals surface area contributed by atoms with Crippen molar-refractivity contribution in [1.29, 1.82) is 0 Å². The molecule has 2 nitrogen and oxygen atoms in total. The Labute approximate surface area is 96.7 Å². The van der Waals surface area contributed by atoms with Gasteiger partial charge in [-0.1, -0.05) is 18.2 Å². The smallest absolute Gasteiger partial charge is 0.0626 e. The van der Waals surface area contributed by atoms with E-state index in [2.05, 4.69) is 9.97 Å². The molecule has 0 radical (unpaired) electrons. The molecule has 0 N–H and O–H groups in total. The van der Waals surface area contributed by atoms with Crippen LogP contribution in [0, 0.1) is 6.92 Å². The van der Waals surface area contributed by atoms with Gasteiger partial charge in [0, 0.05) is 18.1 Å². The van der Waals surface area contributed by atoms with E-state index in [0.717, 1.165) is 11.4 Å². The molecule has 16 heavy (non-hydrogen) atoms. The molecule has 82 valence electrons. The van der Waals surface area contributed by atoms with Crippen LogP contribution in [0.15, 0.2) is 54.9 Å². The summed E-state index contributed by atoms with van der Waals surface area (Å²) in [4.78, 5) is 8.06. The molecule has 0 atom stereocenters. The predicted octanol–water partition coefficient (Wildman–Crippen LogP) is 3.50. The van der Waals surface area contributed by atoms with Crippen molar-refractivity contribution in [2.75, 3.05) is 0 Å². The molecule has 0 saturated heterocycles. The summed E-state index contributed by atoms with van der Waals surface area (Å²) in [5.41, 5.74) is 2.09. The largest absolute Gasteiger partial charge is 0.262 e. The number of rotatable bonds is 1. The van der Waals surface area contributed by atoms with Crippen molar-refractivity contribution in [2.24, 2.45) is 0 Å². The maximum Gasteiger partial charge on any atom is 0.0626 e. The molecule has 2 heterocycles. The highest BCUT2D eigenvalue weighted by atomic mass is 14.6. The Kier molecular flexibility index (Phi) is 5.56. The van der Waals surface area contributed by atoms with E-state index in [1.165, 1.54) is 0 Å². The lowest BCUT2D eigenvalue weighted by atomic mass is 10.3. The van der Waals surface area contributed by atoms with E-state index in [1.54, 1.807) is 12.4 Å². The summed E-state index contributed by atoms with van der Waals surface area (Å²) >= 11 is 0. The minimum absolute atomic E-state index is 1.01. The van der Waals surface area contributed by atoms with Gasteiger partial charge >= 0.3 is 0 Å². The molecule has 0 aliphatic carbocycles. The molecule has 2 aromatic rings. The lowest BCUT2D eigenvalue weighted by Gasteiger charge is -1.86. The van der Waals surface area contributed by atoms with Gasteiger partial charge in [-0.15, -0.1) is 0 Å². The zero-order valence-corrected chi connectivity index (χ0v) is 9.67. The van der Waals surface area contributed by atoms with Gasteiger partial charge in [0.2, 0.25) is 0 Å². The topological polar surface area (TPSA) is 25.8 Å². The number of allylic oxidation sites excluding steroid dienone is 1. The predicted molar refractivity (Wildman–Crippen MR) is 67.9 cm³/mol. The van der Waals surface area contributed by atoms with Crippen LogP contribution in [-0.4, -0.2) is 9.97 Å². The average molecular weight is 212 g/mol. The van der Waals surface area contributed by atoms with E-state index in [1.807, 2.05) is 62.4 Å². The summed E-state index contributed by atoms with van der Waals surface area (Å²) in [5.74, 6) is 0. The summed E-state index contributed by atoms with van der Waals surface area (Å²) in [7, 11) is 0. The summed E-state index contributed by atoms with van der Waals surface area (Å²) in [6, 6.07) is 11.7. The minimum atomic E-state index is 1.01. The number of nitrogens with zero attached hydrogens (tertiary/aromatic N) is 2. The third-order valence-corrected chi connectivity index (χ3v) is 1.84. The Balaban J connectivity index is 0.000000165.